The Morgan fingerprint density at radius 2 is 2.29 bits per heavy atom. The maximum absolute atomic E-state index is 6.13. The highest BCUT2D eigenvalue weighted by Gasteiger charge is 2.09. The number of hydrogen-bond donors (Lipinski definition) is 1. The maximum atomic E-state index is 6.13. The van der Waals surface area contributed by atoms with Crippen molar-refractivity contribution in [3.8, 4) is 0 Å². The van der Waals surface area contributed by atoms with Crippen LogP contribution in [-0.2, 0) is 6.54 Å². The second kappa shape index (κ2) is 4.31. The lowest BCUT2D eigenvalue weighted by Gasteiger charge is -2.06. The molecule has 0 saturated carbocycles. The number of rotatable bonds is 3. The van der Waals surface area contributed by atoms with Crippen molar-refractivity contribution in [1.29, 1.82) is 0 Å². The number of hydrogen-bond acceptors (Lipinski definition) is 6. The summed E-state index contributed by atoms with van der Waals surface area (Å²) in [4.78, 5) is 3.84. The molecule has 5 nitrogen and oxygen atoms in total. The minimum Gasteiger partial charge on any atom is -0.447 e. The molecule has 0 radical (unpaired) electrons. The third-order valence-corrected chi connectivity index (χ3v) is 3.16. The van der Waals surface area contributed by atoms with Gasteiger partial charge in [0.15, 0.2) is 6.39 Å². The van der Waals surface area contributed by atoms with E-state index in [-0.39, 0.29) is 0 Å². The number of nitrogens with one attached hydrogen (secondary N) is 1. The minimum absolute atomic E-state index is 0.510. The Hall–Kier alpha value is -1.66. The van der Waals surface area contributed by atoms with Crippen molar-refractivity contribution >= 4 is 40.0 Å². The van der Waals surface area contributed by atoms with Crippen LogP contribution in [0.3, 0.4) is 0 Å². The van der Waals surface area contributed by atoms with E-state index in [1.165, 1.54) is 6.39 Å². The highest BCUT2D eigenvalue weighted by atomic mass is 35.5. The molecule has 0 aliphatic heterocycles. The summed E-state index contributed by atoms with van der Waals surface area (Å²) in [5.41, 5.74) is 2.39. The third-order valence-electron chi connectivity index (χ3n) is 2.30. The Balaban J connectivity index is 1.93. The average Bonchev–Trinajstić information content (AvgIpc) is 2.97. The van der Waals surface area contributed by atoms with Crippen LogP contribution in [0, 0.1) is 0 Å². The lowest BCUT2D eigenvalue weighted by molar-refractivity contribution is 0.512. The van der Waals surface area contributed by atoms with Crippen LogP contribution in [-0.4, -0.2) is 13.7 Å². The van der Waals surface area contributed by atoms with E-state index in [1.54, 1.807) is 12.3 Å². The van der Waals surface area contributed by atoms with Crippen LogP contribution in [0.2, 0.25) is 5.02 Å². The van der Waals surface area contributed by atoms with Gasteiger partial charge < -0.3 is 9.73 Å². The molecule has 3 rings (SSSR count). The van der Waals surface area contributed by atoms with Gasteiger partial charge >= 0.3 is 0 Å². The van der Waals surface area contributed by atoms with E-state index >= 15 is 0 Å². The van der Waals surface area contributed by atoms with Gasteiger partial charge in [0.2, 0.25) is 0 Å². The van der Waals surface area contributed by atoms with E-state index in [0.717, 1.165) is 34.2 Å². The summed E-state index contributed by atoms with van der Waals surface area (Å²) in [6, 6.07) is 3.65. The lowest BCUT2D eigenvalue weighted by atomic mass is 10.2. The average molecular weight is 267 g/mol. The third kappa shape index (κ3) is 1.96. The van der Waals surface area contributed by atoms with E-state index < -0.39 is 0 Å². The minimum atomic E-state index is 0.510. The van der Waals surface area contributed by atoms with Gasteiger partial charge in [-0.15, -0.1) is 0 Å². The van der Waals surface area contributed by atoms with Crippen LogP contribution in [0.25, 0.3) is 11.0 Å². The molecule has 2 aromatic heterocycles. The van der Waals surface area contributed by atoms with Gasteiger partial charge in [0.05, 0.1) is 35.2 Å². The van der Waals surface area contributed by atoms with Gasteiger partial charge in [0.1, 0.15) is 16.8 Å². The summed E-state index contributed by atoms with van der Waals surface area (Å²) in [6.45, 7) is 0.510. The Morgan fingerprint density at radius 1 is 1.35 bits per heavy atom. The highest BCUT2D eigenvalue weighted by Crippen LogP contribution is 2.30. The van der Waals surface area contributed by atoms with Crippen LogP contribution < -0.4 is 5.32 Å². The van der Waals surface area contributed by atoms with Crippen LogP contribution in [0.1, 0.15) is 5.76 Å². The second-order valence-electron chi connectivity index (χ2n) is 3.38. The topological polar surface area (TPSA) is 63.8 Å². The first-order chi connectivity index (χ1) is 8.34. The fourth-order valence-electron chi connectivity index (χ4n) is 1.50. The quantitative estimate of drug-likeness (QED) is 0.790. The predicted molar refractivity (Wildman–Crippen MR) is 66.3 cm³/mol. The fourth-order valence-corrected chi connectivity index (χ4v) is 2.26. The number of aromatic nitrogens is 3. The van der Waals surface area contributed by atoms with Crippen molar-refractivity contribution in [2.75, 3.05) is 5.32 Å². The van der Waals surface area contributed by atoms with Gasteiger partial charge in [-0.1, -0.05) is 11.6 Å². The summed E-state index contributed by atoms with van der Waals surface area (Å²) < 4.78 is 13.5. The standard InChI is InChI=1S/C10H7ClN4OS/c11-7-1-2-8-10(15-17-14-8)9(7)13-4-6-3-12-5-16-6/h1-3,5,13H,4H2. The predicted octanol–water partition coefficient (Wildman–Crippen LogP) is 2.94. The highest BCUT2D eigenvalue weighted by molar-refractivity contribution is 7.00. The molecule has 3 aromatic rings. The second-order valence-corrected chi connectivity index (χ2v) is 4.31. The molecule has 0 atom stereocenters. The zero-order valence-corrected chi connectivity index (χ0v) is 10.1. The molecule has 0 saturated heterocycles. The van der Waals surface area contributed by atoms with Gasteiger partial charge in [-0.05, 0) is 12.1 Å². The molecule has 1 N–H and O–H groups in total. The molecule has 0 bridgehead atoms. The molecule has 0 fully saturated rings. The first-order valence-corrected chi connectivity index (χ1v) is 5.97. The first kappa shape index (κ1) is 10.5. The first-order valence-electron chi connectivity index (χ1n) is 4.86. The summed E-state index contributed by atoms with van der Waals surface area (Å²) in [5, 5.41) is 3.80. The molecule has 0 amide bonds. The van der Waals surface area contributed by atoms with Gasteiger partial charge in [0.25, 0.3) is 0 Å². The van der Waals surface area contributed by atoms with Crippen molar-refractivity contribution in [2.24, 2.45) is 0 Å². The monoisotopic (exact) mass is 266 g/mol. The normalized spacial score (nSPS) is 10.9. The molecule has 0 aliphatic rings. The smallest absolute Gasteiger partial charge is 0.180 e. The van der Waals surface area contributed by atoms with Crippen LogP contribution in [0.15, 0.2) is 29.1 Å². The number of oxazole rings is 1. The molecule has 2 heterocycles. The van der Waals surface area contributed by atoms with Crippen LogP contribution >= 0.6 is 23.3 Å². The summed E-state index contributed by atoms with van der Waals surface area (Å²) >= 11 is 7.29. The molecule has 7 heteroatoms. The number of nitrogens with zero attached hydrogens (tertiary/aromatic N) is 3. The van der Waals surface area contributed by atoms with Crippen molar-refractivity contribution in [1.82, 2.24) is 13.7 Å². The zero-order valence-electron chi connectivity index (χ0n) is 8.55. The SMILES string of the molecule is Clc1ccc2nsnc2c1NCc1cnco1. The Morgan fingerprint density at radius 3 is 3.12 bits per heavy atom. The van der Waals surface area contributed by atoms with Crippen LogP contribution in [0.4, 0.5) is 5.69 Å². The van der Waals surface area contributed by atoms with Gasteiger partial charge in [-0.25, -0.2) is 4.98 Å². The van der Waals surface area contributed by atoms with E-state index in [1.807, 2.05) is 6.07 Å². The molecule has 1 aromatic carbocycles. The maximum Gasteiger partial charge on any atom is 0.180 e. The number of anilines is 1. The zero-order chi connectivity index (χ0) is 11.7. The molecule has 0 spiro atoms. The van der Waals surface area contributed by atoms with E-state index in [4.69, 9.17) is 16.0 Å². The molecule has 86 valence electrons. The van der Waals surface area contributed by atoms with Crippen LogP contribution in [0.5, 0.6) is 0 Å². The summed E-state index contributed by atoms with van der Waals surface area (Å²) in [6.07, 6.45) is 3.05. The summed E-state index contributed by atoms with van der Waals surface area (Å²) in [5.74, 6) is 0.737. The van der Waals surface area contributed by atoms with E-state index in [9.17, 15) is 0 Å². The molecular weight excluding hydrogens is 260 g/mol. The van der Waals surface area contributed by atoms with Gasteiger partial charge in [0, 0.05) is 0 Å². The largest absolute Gasteiger partial charge is 0.447 e. The van der Waals surface area contributed by atoms with Gasteiger partial charge in [-0.2, -0.15) is 8.75 Å². The van der Waals surface area contributed by atoms with Crippen molar-refractivity contribution < 1.29 is 4.42 Å². The van der Waals surface area contributed by atoms with Gasteiger partial charge in [-0.3, -0.25) is 0 Å². The Bertz CT molecular complexity index is 637. The Labute approximate surface area is 106 Å². The number of benzene rings is 1. The lowest BCUT2D eigenvalue weighted by Crippen LogP contribution is -1.99. The van der Waals surface area contributed by atoms with Crippen molar-refractivity contribution in [2.45, 2.75) is 6.54 Å². The number of halogens is 1. The summed E-state index contributed by atoms with van der Waals surface area (Å²) in [7, 11) is 0. The molecule has 0 aliphatic carbocycles. The van der Waals surface area contributed by atoms with Crippen molar-refractivity contribution in [3.05, 3.63) is 35.5 Å². The fraction of sp³-hybridized carbons (Fsp3) is 0.100. The molecule has 17 heavy (non-hydrogen) atoms. The number of fused-ring (bicyclic) bond motifs is 1. The Kier molecular flexibility index (Phi) is 2.66. The van der Waals surface area contributed by atoms with E-state index in [2.05, 4.69) is 19.0 Å². The molecule has 0 unspecified atom stereocenters. The van der Waals surface area contributed by atoms with E-state index in [0.29, 0.717) is 11.6 Å². The molecular formula is C10H7ClN4OS. The van der Waals surface area contributed by atoms with Crippen molar-refractivity contribution in [3.63, 3.8) is 0 Å².